The van der Waals surface area contributed by atoms with Gasteiger partial charge in [0.05, 0.1) is 6.61 Å². The van der Waals surface area contributed by atoms with Crippen LogP contribution in [0.25, 0.3) is 11.1 Å². The lowest BCUT2D eigenvalue weighted by atomic mass is 10.0. The number of hydrogen-bond donors (Lipinski definition) is 1. The Morgan fingerprint density at radius 2 is 2.11 bits per heavy atom. The lowest BCUT2D eigenvalue weighted by Gasteiger charge is -2.07. The molecule has 1 N–H and O–H groups in total. The number of hydrogen-bond acceptors (Lipinski definition) is 2. The molecule has 0 atom stereocenters. The zero-order chi connectivity index (χ0) is 13.1. The summed E-state index contributed by atoms with van der Waals surface area (Å²) in [6.45, 7) is 4.11. The molecular formula is C14H14ClNO2. The highest BCUT2D eigenvalue weighted by Gasteiger charge is 2.16. The standard InChI is InChI=1S/C14H14ClNO2/c1-3-18-14(17)13-12(6-7-16-13)11-5-4-10(15)8-9(11)2/h4-8,16H,3H2,1-2H3. The minimum Gasteiger partial charge on any atom is -0.461 e. The molecule has 3 nitrogen and oxygen atoms in total. The topological polar surface area (TPSA) is 42.1 Å². The molecule has 0 bridgehead atoms. The Morgan fingerprint density at radius 1 is 1.33 bits per heavy atom. The van der Waals surface area contributed by atoms with Gasteiger partial charge in [-0.3, -0.25) is 0 Å². The molecule has 0 spiro atoms. The molecule has 94 valence electrons. The van der Waals surface area contributed by atoms with E-state index in [2.05, 4.69) is 4.98 Å². The fraction of sp³-hybridized carbons (Fsp3) is 0.214. The van der Waals surface area contributed by atoms with Crippen molar-refractivity contribution in [3.8, 4) is 11.1 Å². The van der Waals surface area contributed by atoms with E-state index in [9.17, 15) is 4.79 Å². The maximum absolute atomic E-state index is 11.8. The fourth-order valence-corrected chi connectivity index (χ4v) is 2.12. The van der Waals surface area contributed by atoms with Crippen LogP contribution in [0.1, 0.15) is 23.0 Å². The van der Waals surface area contributed by atoms with Gasteiger partial charge in [0.25, 0.3) is 0 Å². The molecule has 4 heteroatoms. The zero-order valence-corrected chi connectivity index (χ0v) is 11.0. The number of halogens is 1. The molecule has 1 aromatic heterocycles. The summed E-state index contributed by atoms with van der Waals surface area (Å²) >= 11 is 5.93. The van der Waals surface area contributed by atoms with Crippen molar-refractivity contribution in [3.63, 3.8) is 0 Å². The summed E-state index contributed by atoms with van der Waals surface area (Å²) in [5.41, 5.74) is 3.31. The predicted octanol–water partition coefficient (Wildman–Crippen LogP) is 3.82. The number of H-pyrrole nitrogens is 1. The molecule has 1 heterocycles. The minimum atomic E-state index is -0.341. The largest absolute Gasteiger partial charge is 0.461 e. The van der Waals surface area contributed by atoms with E-state index in [1.165, 1.54) is 0 Å². The van der Waals surface area contributed by atoms with E-state index in [0.29, 0.717) is 17.3 Å². The second-order valence-electron chi connectivity index (χ2n) is 3.95. The number of aryl methyl sites for hydroxylation is 1. The van der Waals surface area contributed by atoms with Crippen LogP contribution in [0, 0.1) is 6.92 Å². The van der Waals surface area contributed by atoms with Crippen molar-refractivity contribution in [1.82, 2.24) is 4.98 Å². The highest BCUT2D eigenvalue weighted by Crippen LogP contribution is 2.28. The van der Waals surface area contributed by atoms with Gasteiger partial charge < -0.3 is 9.72 Å². The number of benzene rings is 1. The van der Waals surface area contributed by atoms with Crippen molar-refractivity contribution in [3.05, 3.63) is 46.7 Å². The third-order valence-electron chi connectivity index (χ3n) is 2.71. The first kappa shape index (κ1) is 12.7. The molecule has 2 rings (SSSR count). The first-order valence-corrected chi connectivity index (χ1v) is 6.12. The van der Waals surface area contributed by atoms with E-state index in [0.717, 1.165) is 16.7 Å². The predicted molar refractivity (Wildman–Crippen MR) is 71.9 cm³/mol. The second kappa shape index (κ2) is 5.27. The van der Waals surface area contributed by atoms with Gasteiger partial charge in [-0.2, -0.15) is 0 Å². The summed E-state index contributed by atoms with van der Waals surface area (Å²) in [5, 5.41) is 0.685. The summed E-state index contributed by atoms with van der Waals surface area (Å²) in [7, 11) is 0. The van der Waals surface area contributed by atoms with Gasteiger partial charge in [-0.15, -0.1) is 0 Å². The molecule has 0 amide bonds. The Kier molecular flexibility index (Phi) is 3.72. The van der Waals surface area contributed by atoms with Crippen LogP contribution in [0.5, 0.6) is 0 Å². The third-order valence-corrected chi connectivity index (χ3v) is 2.94. The van der Waals surface area contributed by atoms with Crippen molar-refractivity contribution in [2.24, 2.45) is 0 Å². The number of carbonyl (C=O) groups is 1. The van der Waals surface area contributed by atoms with Gasteiger partial charge in [-0.25, -0.2) is 4.79 Å². The highest BCUT2D eigenvalue weighted by atomic mass is 35.5. The van der Waals surface area contributed by atoms with E-state index in [4.69, 9.17) is 16.3 Å². The number of nitrogens with one attached hydrogen (secondary N) is 1. The molecule has 0 saturated carbocycles. The van der Waals surface area contributed by atoms with Crippen LogP contribution in [-0.4, -0.2) is 17.6 Å². The Morgan fingerprint density at radius 3 is 2.78 bits per heavy atom. The molecule has 0 radical (unpaired) electrons. The summed E-state index contributed by atoms with van der Waals surface area (Å²) in [6, 6.07) is 7.46. The van der Waals surface area contributed by atoms with Crippen LogP contribution in [0.4, 0.5) is 0 Å². The van der Waals surface area contributed by atoms with Gasteiger partial charge in [-0.1, -0.05) is 17.7 Å². The van der Waals surface area contributed by atoms with Crippen molar-refractivity contribution in [1.29, 1.82) is 0 Å². The van der Waals surface area contributed by atoms with E-state index in [-0.39, 0.29) is 5.97 Å². The molecule has 0 aliphatic carbocycles. The Bertz CT molecular complexity index is 575. The Labute approximate surface area is 111 Å². The smallest absolute Gasteiger partial charge is 0.355 e. The maximum atomic E-state index is 11.8. The van der Waals surface area contributed by atoms with Gasteiger partial charge in [0.1, 0.15) is 5.69 Å². The summed E-state index contributed by atoms with van der Waals surface area (Å²) in [5.74, 6) is -0.341. The summed E-state index contributed by atoms with van der Waals surface area (Å²) in [4.78, 5) is 14.7. The second-order valence-corrected chi connectivity index (χ2v) is 4.38. The third kappa shape index (κ3) is 2.41. The number of aromatic nitrogens is 1. The number of rotatable bonds is 3. The Balaban J connectivity index is 2.45. The molecule has 0 fully saturated rings. The first-order valence-electron chi connectivity index (χ1n) is 5.74. The van der Waals surface area contributed by atoms with Crippen molar-refractivity contribution in [2.45, 2.75) is 13.8 Å². The van der Waals surface area contributed by atoms with Gasteiger partial charge in [0, 0.05) is 16.8 Å². The van der Waals surface area contributed by atoms with Gasteiger partial charge in [-0.05, 0) is 43.2 Å². The summed E-state index contributed by atoms with van der Waals surface area (Å²) < 4.78 is 5.02. The van der Waals surface area contributed by atoms with Crippen LogP contribution in [0.2, 0.25) is 5.02 Å². The molecule has 0 aliphatic rings. The molecule has 0 saturated heterocycles. The lowest BCUT2D eigenvalue weighted by molar-refractivity contribution is 0.0521. The van der Waals surface area contributed by atoms with Crippen LogP contribution in [-0.2, 0) is 4.74 Å². The van der Waals surface area contributed by atoms with Crippen LogP contribution in [0.15, 0.2) is 30.5 Å². The number of esters is 1. The lowest BCUT2D eigenvalue weighted by Crippen LogP contribution is -2.06. The molecule has 18 heavy (non-hydrogen) atoms. The van der Waals surface area contributed by atoms with Crippen LogP contribution >= 0.6 is 11.6 Å². The fourth-order valence-electron chi connectivity index (χ4n) is 1.90. The van der Waals surface area contributed by atoms with Gasteiger partial charge >= 0.3 is 5.97 Å². The first-order chi connectivity index (χ1) is 8.63. The van der Waals surface area contributed by atoms with Crippen LogP contribution < -0.4 is 0 Å². The van der Waals surface area contributed by atoms with Gasteiger partial charge in [0.15, 0.2) is 0 Å². The van der Waals surface area contributed by atoms with E-state index >= 15 is 0 Å². The average molecular weight is 264 g/mol. The Hall–Kier alpha value is -1.74. The number of aromatic amines is 1. The zero-order valence-electron chi connectivity index (χ0n) is 10.3. The van der Waals surface area contributed by atoms with Crippen molar-refractivity contribution < 1.29 is 9.53 Å². The molecule has 0 unspecified atom stereocenters. The van der Waals surface area contributed by atoms with E-state index in [1.807, 2.05) is 31.2 Å². The highest BCUT2D eigenvalue weighted by molar-refractivity contribution is 6.30. The molecule has 1 aromatic carbocycles. The van der Waals surface area contributed by atoms with Crippen molar-refractivity contribution >= 4 is 17.6 Å². The van der Waals surface area contributed by atoms with E-state index < -0.39 is 0 Å². The normalized spacial score (nSPS) is 10.4. The average Bonchev–Trinajstić information content (AvgIpc) is 2.78. The minimum absolute atomic E-state index is 0.341. The maximum Gasteiger partial charge on any atom is 0.355 e. The SMILES string of the molecule is CCOC(=O)c1[nH]ccc1-c1ccc(Cl)cc1C. The van der Waals surface area contributed by atoms with Crippen LogP contribution in [0.3, 0.4) is 0 Å². The molecule has 2 aromatic rings. The molecular weight excluding hydrogens is 250 g/mol. The number of carbonyl (C=O) groups excluding carboxylic acids is 1. The summed E-state index contributed by atoms with van der Waals surface area (Å²) in [6.07, 6.45) is 1.73. The molecule has 0 aliphatic heterocycles. The van der Waals surface area contributed by atoms with Crippen molar-refractivity contribution in [2.75, 3.05) is 6.61 Å². The van der Waals surface area contributed by atoms with Gasteiger partial charge in [0.2, 0.25) is 0 Å². The monoisotopic (exact) mass is 263 g/mol. The number of ether oxygens (including phenoxy) is 1. The quantitative estimate of drug-likeness (QED) is 0.856. The van der Waals surface area contributed by atoms with E-state index in [1.54, 1.807) is 13.1 Å².